The number of unbranched alkanes of at least 4 members (excludes halogenated alkanes) is 1. The van der Waals surface area contributed by atoms with Crippen LogP contribution >= 0.6 is 0 Å². The van der Waals surface area contributed by atoms with Crippen molar-refractivity contribution in [3.05, 3.63) is 76.1 Å². The number of fused-ring (bicyclic) bond motifs is 2. The van der Waals surface area contributed by atoms with Crippen LogP contribution in [0.2, 0.25) is 0 Å². The molecule has 15 heteroatoms. The first-order chi connectivity index (χ1) is 21.4. The van der Waals surface area contributed by atoms with E-state index in [1.807, 2.05) is 6.92 Å². The first-order valence-electron chi connectivity index (χ1n) is 14.3. The average molecular weight is 641 g/mol. The first kappa shape index (κ1) is 32.0. The van der Waals surface area contributed by atoms with Crippen molar-refractivity contribution in [1.29, 1.82) is 5.26 Å². The Labute approximate surface area is 259 Å². The summed E-state index contributed by atoms with van der Waals surface area (Å²) in [5.41, 5.74) is 2.86. The van der Waals surface area contributed by atoms with Crippen molar-refractivity contribution in [3.8, 4) is 6.07 Å². The molecule has 0 aliphatic carbocycles. The molecule has 0 amide bonds. The van der Waals surface area contributed by atoms with E-state index in [-0.39, 0.29) is 18.6 Å². The van der Waals surface area contributed by atoms with Gasteiger partial charge in [0.2, 0.25) is 5.82 Å². The van der Waals surface area contributed by atoms with Crippen molar-refractivity contribution in [1.82, 2.24) is 28.9 Å². The van der Waals surface area contributed by atoms with E-state index in [4.69, 9.17) is 4.98 Å². The summed E-state index contributed by atoms with van der Waals surface area (Å²) in [6.07, 6.45) is -0.533. The number of halogens is 3. The van der Waals surface area contributed by atoms with Gasteiger partial charge in [0.15, 0.2) is 5.65 Å². The van der Waals surface area contributed by atoms with Crippen LogP contribution in [0.1, 0.15) is 71.6 Å². The molecule has 1 aliphatic rings. The van der Waals surface area contributed by atoms with Gasteiger partial charge in [-0.1, -0.05) is 19.4 Å². The minimum Gasteiger partial charge on any atom is -0.481 e. The van der Waals surface area contributed by atoms with Crippen molar-refractivity contribution < 1.29 is 27.3 Å². The third-order valence-electron chi connectivity index (χ3n) is 7.87. The van der Waals surface area contributed by atoms with Crippen molar-refractivity contribution in [2.24, 2.45) is 0 Å². The number of aryl methyl sites for hydroxylation is 2. The predicted molar refractivity (Wildman–Crippen MR) is 159 cm³/mol. The molecule has 0 spiro atoms. The van der Waals surface area contributed by atoms with Gasteiger partial charge in [-0.15, -0.1) is 10.2 Å². The van der Waals surface area contributed by atoms with E-state index in [9.17, 15) is 32.5 Å². The Morgan fingerprint density at radius 2 is 1.98 bits per heavy atom. The molecular weight excluding hydrogens is 609 g/mol. The van der Waals surface area contributed by atoms with Gasteiger partial charge in [0.25, 0.3) is 0 Å². The van der Waals surface area contributed by atoms with Crippen LogP contribution in [-0.4, -0.2) is 63.8 Å². The zero-order chi connectivity index (χ0) is 32.5. The molecule has 0 radical (unpaired) electrons. The van der Waals surface area contributed by atoms with Crippen LogP contribution in [-0.2, 0) is 28.5 Å². The Hall–Kier alpha value is -4.42. The molecule has 4 aromatic rings. The highest BCUT2D eigenvalue weighted by atomic mass is 32.2. The minimum absolute atomic E-state index is 0.0286. The van der Waals surface area contributed by atoms with Crippen molar-refractivity contribution in [2.75, 3.05) is 24.5 Å². The maximum atomic E-state index is 13.9. The van der Waals surface area contributed by atoms with E-state index in [1.165, 1.54) is 18.5 Å². The summed E-state index contributed by atoms with van der Waals surface area (Å²) in [5.74, 6) is -2.51. The van der Waals surface area contributed by atoms with Crippen molar-refractivity contribution in [3.63, 3.8) is 0 Å². The van der Waals surface area contributed by atoms with Crippen LogP contribution in [0, 0.1) is 25.2 Å². The van der Waals surface area contributed by atoms with Crippen LogP contribution in [0.5, 0.6) is 0 Å². The number of anilines is 1. The molecule has 0 aromatic carbocycles. The quantitative estimate of drug-likeness (QED) is 0.274. The van der Waals surface area contributed by atoms with E-state index in [0.29, 0.717) is 51.9 Å². The second-order valence-electron chi connectivity index (χ2n) is 10.9. The van der Waals surface area contributed by atoms with Crippen LogP contribution in [0.15, 0.2) is 41.6 Å². The third kappa shape index (κ3) is 6.52. The van der Waals surface area contributed by atoms with Crippen LogP contribution in [0.3, 0.4) is 0 Å². The topological polar surface area (TPSA) is 141 Å². The number of aromatic nitrogens is 5. The number of alkyl halides is 3. The molecule has 2 atom stereocenters. The minimum atomic E-state index is -4.71. The molecule has 0 saturated heterocycles. The molecule has 2 unspecified atom stereocenters. The van der Waals surface area contributed by atoms with Crippen molar-refractivity contribution in [2.45, 2.75) is 63.6 Å². The lowest BCUT2D eigenvalue weighted by Gasteiger charge is -2.23. The molecule has 0 bridgehead atoms. The molecular formula is C30H31F3N8O3S. The van der Waals surface area contributed by atoms with Gasteiger partial charge in [-0.3, -0.25) is 14.2 Å². The molecule has 1 N–H and O–H groups in total. The highest BCUT2D eigenvalue weighted by Gasteiger charge is 2.37. The number of carboxylic acid groups (broad SMARTS) is 1. The summed E-state index contributed by atoms with van der Waals surface area (Å²) in [4.78, 5) is 23.8. The van der Waals surface area contributed by atoms with E-state index >= 15 is 0 Å². The highest BCUT2D eigenvalue weighted by Crippen LogP contribution is 2.35. The Morgan fingerprint density at radius 3 is 2.67 bits per heavy atom. The highest BCUT2D eigenvalue weighted by molar-refractivity contribution is 7.82. The molecule has 236 valence electrons. The van der Waals surface area contributed by atoms with Crippen LogP contribution in [0.4, 0.5) is 19.0 Å². The maximum absolute atomic E-state index is 13.9. The summed E-state index contributed by atoms with van der Waals surface area (Å²) in [6, 6.07) is 8.61. The van der Waals surface area contributed by atoms with Gasteiger partial charge in [0, 0.05) is 43.6 Å². The fourth-order valence-corrected chi connectivity index (χ4v) is 6.79. The normalized spacial score (nSPS) is 16.3. The summed E-state index contributed by atoms with van der Waals surface area (Å²) in [5, 5.41) is 26.3. The van der Waals surface area contributed by atoms with Gasteiger partial charge in [-0.05, 0) is 55.2 Å². The number of pyridine rings is 3. The first-order valence-corrected chi connectivity index (χ1v) is 15.4. The molecule has 5 heterocycles. The Balaban J connectivity index is 1.51. The number of rotatable bonds is 9. The van der Waals surface area contributed by atoms with Crippen LogP contribution < -0.4 is 4.90 Å². The second kappa shape index (κ2) is 12.9. The number of hydrogen-bond acceptors (Lipinski definition) is 8. The fraction of sp³-hybridized carbons (Fsp3) is 0.400. The van der Waals surface area contributed by atoms with Gasteiger partial charge < -0.3 is 10.0 Å². The summed E-state index contributed by atoms with van der Waals surface area (Å²) >= 11 is 0. The SMILES string of the molecule is CCCCN1CCN(Cc2nc(C(CC(=O)O)c3ccn4c(C(F)(F)F)nnc4c3C)ccc2C)S(=O)c2cc(C#N)cnc21. The van der Waals surface area contributed by atoms with Crippen LogP contribution in [0.25, 0.3) is 5.65 Å². The molecule has 5 rings (SSSR count). The van der Waals surface area contributed by atoms with Gasteiger partial charge in [0.1, 0.15) is 22.9 Å². The number of nitrogens with zero attached hydrogens (tertiary/aromatic N) is 8. The summed E-state index contributed by atoms with van der Waals surface area (Å²) in [7, 11) is -1.67. The second-order valence-corrected chi connectivity index (χ2v) is 12.3. The maximum Gasteiger partial charge on any atom is 0.452 e. The smallest absolute Gasteiger partial charge is 0.452 e. The third-order valence-corrected chi connectivity index (χ3v) is 9.32. The Kier molecular flexibility index (Phi) is 9.17. The summed E-state index contributed by atoms with van der Waals surface area (Å²) < 4.78 is 56.9. The number of nitriles is 1. The standard InChI is InChI=1S/C30H31F3N8O3S/c1-4-5-9-39-11-12-40(45(44)25-13-20(15-34)16-35-28(25)39)17-24-18(2)6-7-23(36-24)22(14-26(42)43)21-8-10-41-27(19(21)3)37-38-29(41)30(31,32)33/h6-8,10,13,16,22H,4-5,9,11-12,14,17H2,1-3H3,(H,42,43). The lowest BCUT2D eigenvalue weighted by Crippen LogP contribution is -2.33. The van der Waals surface area contributed by atoms with Crippen molar-refractivity contribution >= 4 is 28.4 Å². The van der Waals surface area contributed by atoms with Gasteiger partial charge in [-0.25, -0.2) is 13.5 Å². The zero-order valence-corrected chi connectivity index (χ0v) is 25.7. The average Bonchev–Trinajstić information content (AvgIpc) is 3.41. The van der Waals surface area contributed by atoms with E-state index < -0.39 is 34.9 Å². The van der Waals surface area contributed by atoms with E-state index in [0.717, 1.165) is 29.4 Å². The van der Waals surface area contributed by atoms with Gasteiger partial charge in [0.05, 0.1) is 29.1 Å². The molecule has 11 nitrogen and oxygen atoms in total. The summed E-state index contributed by atoms with van der Waals surface area (Å²) in [6.45, 7) is 7.37. The molecule has 0 fully saturated rings. The van der Waals surface area contributed by atoms with Gasteiger partial charge in [-0.2, -0.15) is 18.4 Å². The Bertz CT molecular complexity index is 1820. The fourth-order valence-electron chi connectivity index (χ4n) is 5.45. The predicted octanol–water partition coefficient (Wildman–Crippen LogP) is 4.78. The zero-order valence-electron chi connectivity index (χ0n) is 24.9. The lowest BCUT2D eigenvalue weighted by atomic mass is 9.89. The number of carboxylic acids is 1. The molecule has 4 aromatic heterocycles. The number of hydrogen-bond donors (Lipinski definition) is 1. The largest absolute Gasteiger partial charge is 0.481 e. The monoisotopic (exact) mass is 640 g/mol. The number of carbonyl (C=O) groups is 1. The number of aliphatic carboxylic acids is 1. The molecule has 1 aliphatic heterocycles. The molecule has 45 heavy (non-hydrogen) atoms. The molecule has 0 saturated carbocycles. The lowest BCUT2D eigenvalue weighted by molar-refractivity contribution is -0.145. The van der Waals surface area contributed by atoms with E-state index in [1.54, 1.807) is 29.4 Å². The van der Waals surface area contributed by atoms with E-state index in [2.05, 4.69) is 33.1 Å². The van der Waals surface area contributed by atoms with Gasteiger partial charge >= 0.3 is 12.1 Å². The Morgan fingerprint density at radius 1 is 1.20 bits per heavy atom.